The van der Waals surface area contributed by atoms with Crippen LogP contribution in [-0.4, -0.2) is 42.7 Å². The number of ether oxygens (including phenoxy) is 1. The van der Waals surface area contributed by atoms with E-state index >= 15 is 0 Å². The first-order valence-electron chi connectivity index (χ1n) is 7.73. The van der Waals surface area contributed by atoms with Crippen LogP contribution >= 0.6 is 0 Å². The van der Waals surface area contributed by atoms with Crippen molar-refractivity contribution in [3.63, 3.8) is 0 Å². The highest BCUT2D eigenvalue weighted by atomic mass is 19.3. The van der Waals surface area contributed by atoms with Crippen molar-refractivity contribution in [2.75, 3.05) is 31.1 Å². The van der Waals surface area contributed by atoms with Gasteiger partial charge in [-0.25, -0.2) is 4.39 Å². The molecule has 4 nitrogen and oxygen atoms in total. The minimum Gasteiger partial charge on any atom is -0.434 e. The Balaban J connectivity index is 1.61. The number of piperazine rings is 1. The van der Waals surface area contributed by atoms with Gasteiger partial charge in [-0.1, -0.05) is 18.2 Å². The third-order valence-electron chi connectivity index (χ3n) is 4.05. The normalized spacial score (nSPS) is 15.8. The molecule has 0 atom stereocenters. The van der Waals surface area contributed by atoms with E-state index in [1.165, 1.54) is 6.20 Å². The van der Waals surface area contributed by atoms with Crippen molar-refractivity contribution in [1.82, 2.24) is 9.88 Å². The molecule has 1 fully saturated rings. The lowest BCUT2D eigenvalue weighted by Gasteiger charge is -2.36. The molecule has 1 saturated heterocycles. The molecule has 0 N–H and O–H groups in total. The van der Waals surface area contributed by atoms with E-state index in [1.54, 1.807) is 36.5 Å². The highest BCUT2D eigenvalue weighted by Gasteiger charge is 2.20. The molecule has 0 aliphatic carbocycles. The summed E-state index contributed by atoms with van der Waals surface area (Å²) in [6.07, 6.45) is 2.78. The van der Waals surface area contributed by atoms with Crippen LogP contribution in [0.1, 0.15) is 5.56 Å². The number of rotatable bonds is 5. The third-order valence-corrected chi connectivity index (χ3v) is 4.05. The Morgan fingerprint density at radius 2 is 1.83 bits per heavy atom. The fraction of sp³-hybridized carbons (Fsp3) is 0.353. The highest BCUT2D eigenvalue weighted by molar-refractivity contribution is 5.46. The molecule has 2 heterocycles. The molecule has 0 spiro atoms. The first-order valence-corrected chi connectivity index (χ1v) is 7.73. The minimum absolute atomic E-state index is 0.204. The predicted octanol–water partition coefficient (Wildman–Crippen LogP) is 3.14. The lowest BCUT2D eigenvalue weighted by molar-refractivity contribution is -0.0507. The van der Waals surface area contributed by atoms with Gasteiger partial charge < -0.3 is 9.64 Å². The summed E-state index contributed by atoms with van der Waals surface area (Å²) in [5.74, 6) is -0.128. The molecular formula is C17H18F3N3O. The van der Waals surface area contributed by atoms with E-state index in [9.17, 15) is 13.2 Å². The largest absolute Gasteiger partial charge is 0.434 e. The summed E-state index contributed by atoms with van der Waals surface area (Å²) in [4.78, 5) is 7.87. The Hall–Kier alpha value is -2.28. The lowest BCUT2D eigenvalue weighted by atomic mass is 10.1. The smallest absolute Gasteiger partial charge is 0.387 e. The summed E-state index contributed by atoms with van der Waals surface area (Å²) in [5.41, 5.74) is 1.27. The van der Waals surface area contributed by atoms with Gasteiger partial charge in [0.05, 0.1) is 11.9 Å². The Morgan fingerprint density at radius 3 is 2.54 bits per heavy atom. The number of anilines is 1. The topological polar surface area (TPSA) is 28.6 Å². The van der Waals surface area contributed by atoms with Crippen molar-refractivity contribution < 1.29 is 17.9 Å². The number of alkyl halides is 2. The second-order valence-electron chi connectivity index (χ2n) is 5.58. The van der Waals surface area contributed by atoms with Gasteiger partial charge >= 0.3 is 6.61 Å². The molecule has 1 aromatic heterocycles. The van der Waals surface area contributed by atoms with Gasteiger partial charge in [-0.15, -0.1) is 0 Å². The highest BCUT2D eigenvalue weighted by Crippen LogP contribution is 2.24. The van der Waals surface area contributed by atoms with Gasteiger partial charge in [-0.05, 0) is 12.1 Å². The first kappa shape index (κ1) is 16.6. The average molecular weight is 337 g/mol. The molecule has 1 aliphatic heterocycles. The standard InChI is InChI=1S/C17H18F3N3O/c18-14-11-21-6-5-15(14)23-9-7-22(8-10-23)12-13-3-1-2-4-16(13)24-17(19)20/h1-6,11,17H,7-10,12H2. The van der Waals surface area contributed by atoms with E-state index in [4.69, 9.17) is 0 Å². The predicted molar refractivity (Wildman–Crippen MR) is 84.8 cm³/mol. The maximum absolute atomic E-state index is 13.8. The van der Waals surface area contributed by atoms with Crippen molar-refractivity contribution in [3.05, 3.63) is 54.1 Å². The summed E-state index contributed by atoms with van der Waals surface area (Å²) < 4.78 is 43.3. The van der Waals surface area contributed by atoms with Gasteiger partial charge in [0, 0.05) is 44.5 Å². The zero-order valence-electron chi connectivity index (χ0n) is 13.0. The summed E-state index contributed by atoms with van der Waals surface area (Å²) in [5, 5.41) is 0. The van der Waals surface area contributed by atoms with Crippen molar-refractivity contribution in [1.29, 1.82) is 0 Å². The molecule has 0 amide bonds. The van der Waals surface area contributed by atoms with Crippen molar-refractivity contribution >= 4 is 5.69 Å². The Morgan fingerprint density at radius 1 is 1.08 bits per heavy atom. The average Bonchev–Trinajstić information content (AvgIpc) is 2.57. The van der Waals surface area contributed by atoms with Gasteiger partial charge in [0.2, 0.25) is 0 Å². The van der Waals surface area contributed by atoms with E-state index in [1.807, 2.05) is 4.90 Å². The van der Waals surface area contributed by atoms with E-state index in [2.05, 4.69) is 14.6 Å². The molecule has 0 saturated carbocycles. The van der Waals surface area contributed by atoms with Crippen LogP contribution < -0.4 is 9.64 Å². The first-order chi connectivity index (χ1) is 11.6. The molecule has 2 aromatic rings. The zero-order valence-corrected chi connectivity index (χ0v) is 13.0. The summed E-state index contributed by atoms with van der Waals surface area (Å²) in [6, 6.07) is 8.47. The SMILES string of the molecule is Fc1cnccc1N1CCN(Cc2ccccc2OC(F)F)CC1. The molecule has 0 radical (unpaired) electrons. The molecule has 1 aliphatic rings. The number of hydrogen-bond acceptors (Lipinski definition) is 4. The number of pyridine rings is 1. The number of benzene rings is 1. The van der Waals surface area contributed by atoms with Crippen LogP contribution in [0.2, 0.25) is 0 Å². The van der Waals surface area contributed by atoms with Crippen molar-refractivity contribution in [2.45, 2.75) is 13.2 Å². The van der Waals surface area contributed by atoms with Crippen LogP contribution in [0.3, 0.4) is 0 Å². The number of halogens is 3. The van der Waals surface area contributed by atoms with E-state index in [0.717, 1.165) is 5.56 Å². The molecular weight excluding hydrogens is 319 g/mol. The van der Waals surface area contributed by atoms with E-state index in [0.29, 0.717) is 38.4 Å². The Bertz CT molecular complexity index is 676. The lowest BCUT2D eigenvalue weighted by Crippen LogP contribution is -2.46. The Kier molecular flexibility index (Phi) is 5.20. The molecule has 1 aromatic carbocycles. The second-order valence-corrected chi connectivity index (χ2v) is 5.58. The molecule has 0 bridgehead atoms. The van der Waals surface area contributed by atoms with Gasteiger partial charge in [-0.2, -0.15) is 8.78 Å². The van der Waals surface area contributed by atoms with Crippen molar-refractivity contribution in [2.24, 2.45) is 0 Å². The molecule has 24 heavy (non-hydrogen) atoms. The summed E-state index contributed by atoms with van der Waals surface area (Å²) >= 11 is 0. The molecule has 7 heteroatoms. The number of hydrogen-bond donors (Lipinski definition) is 0. The number of para-hydroxylation sites is 1. The minimum atomic E-state index is -2.84. The van der Waals surface area contributed by atoms with Crippen LogP contribution in [-0.2, 0) is 6.54 Å². The quantitative estimate of drug-likeness (QED) is 0.838. The summed E-state index contributed by atoms with van der Waals surface area (Å²) in [6.45, 7) is 0.445. The number of aromatic nitrogens is 1. The monoisotopic (exact) mass is 337 g/mol. The van der Waals surface area contributed by atoms with Crippen LogP contribution in [0.4, 0.5) is 18.9 Å². The fourth-order valence-electron chi connectivity index (χ4n) is 2.86. The summed E-state index contributed by atoms with van der Waals surface area (Å²) in [7, 11) is 0. The number of nitrogens with zero attached hydrogens (tertiary/aromatic N) is 3. The van der Waals surface area contributed by atoms with Gasteiger partial charge in [0.1, 0.15) is 5.75 Å². The molecule has 0 unspecified atom stereocenters. The van der Waals surface area contributed by atoms with Gasteiger partial charge in [0.25, 0.3) is 0 Å². The van der Waals surface area contributed by atoms with Crippen LogP contribution in [0.25, 0.3) is 0 Å². The van der Waals surface area contributed by atoms with Gasteiger partial charge in [0.15, 0.2) is 5.82 Å². The fourth-order valence-corrected chi connectivity index (χ4v) is 2.86. The zero-order chi connectivity index (χ0) is 16.9. The van der Waals surface area contributed by atoms with Crippen LogP contribution in [0, 0.1) is 5.82 Å². The molecule has 128 valence electrons. The molecule has 3 rings (SSSR count). The third kappa shape index (κ3) is 3.97. The van der Waals surface area contributed by atoms with Crippen LogP contribution in [0.15, 0.2) is 42.7 Å². The maximum Gasteiger partial charge on any atom is 0.387 e. The van der Waals surface area contributed by atoms with Crippen molar-refractivity contribution in [3.8, 4) is 5.75 Å². The van der Waals surface area contributed by atoms with Crippen LogP contribution in [0.5, 0.6) is 5.75 Å². The van der Waals surface area contributed by atoms with Gasteiger partial charge in [-0.3, -0.25) is 9.88 Å². The second kappa shape index (κ2) is 7.53. The van der Waals surface area contributed by atoms with E-state index in [-0.39, 0.29) is 11.6 Å². The van der Waals surface area contributed by atoms with E-state index < -0.39 is 6.61 Å². The Labute approximate surface area is 138 Å². The maximum atomic E-state index is 13.8.